The summed E-state index contributed by atoms with van der Waals surface area (Å²) in [5.74, 6) is 0.308. The number of hydrogen-bond donors (Lipinski definition) is 0. The number of carbonyl (C=O) groups excluding carboxylic acids is 1. The SMILES string of the molecule is O=C1CC(OCc2ccccc2Br)C1. The van der Waals surface area contributed by atoms with Gasteiger partial charge in [-0.2, -0.15) is 0 Å². The molecule has 0 heterocycles. The molecule has 2 rings (SSSR count). The quantitative estimate of drug-likeness (QED) is 0.830. The minimum atomic E-state index is 0.148. The van der Waals surface area contributed by atoms with Crippen LogP contribution >= 0.6 is 15.9 Å². The van der Waals surface area contributed by atoms with Gasteiger partial charge in [-0.05, 0) is 11.6 Å². The molecule has 3 heteroatoms. The van der Waals surface area contributed by atoms with Crippen LogP contribution in [0.3, 0.4) is 0 Å². The van der Waals surface area contributed by atoms with Crippen LogP contribution in [0.4, 0.5) is 0 Å². The number of halogens is 1. The first-order valence-corrected chi connectivity index (χ1v) is 5.41. The highest BCUT2D eigenvalue weighted by Crippen LogP contribution is 2.22. The first-order chi connectivity index (χ1) is 6.75. The Morgan fingerprint density at radius 1 is 1.36 bits per heavy atom. The van der Waals surface area contributed by atoms with E-state index in [0.29, 0.717) is 25.2 Å². The van der Waals surface area contributed by atoms with E-state index in [2.05, 4.69) is 15.9 Å². The van der Waals surface area contributed by atoms with Gasteiger partial charge < -0.3 is 4.74 Å². The van der Waals surface area contributed by atoms with Crippen LogP contribution < -0.4 is 0 Å². The standard InChI is InChI=1S/C11H11BrO2/c12-11-4-2-1-3-8(11)7-14-10-5-9(13)6-10/h1-4,10H,5-7H2. The largest absolute Gasteiger partial charge is 0.373 e. The molecular formula is C11H11BrO2. The normalized spacial score (nSPS) is 16.8. The maximum atomic E-state index is 10.7. The van der Waals surface area contributed by atoms with E-state index in [1.54, 1.807) is 0 Å². The second-order valence-corrected chi connectivity index (χ2v) is 4.33. The van der Waals surface area contributed by atoms with E-state index in [4.69, 9.17) is 4.74 Å². The van der Waals surface area contributed by atoms with Crippen LogP contribution in [-0.2, 0) is 16.1 Å². The molecule has 14 heavy (non-hydrogen) atoms. The molecule has 1 aromatic rings. The smallest absolute Gasteiger partial charge is 0.138 e. The van der Waals surface area contributed by atoms with Gasteiger partial charge in [-0.3, -0.25) is 4.79 Å². The highest BCUT2D eigenvalue weighted by atomic mass is 79.9. The Bertz CT molecular complexity index is 341. The highest BCUT2D eigenvalue weighted by molar-refractivity contribution is 9.10. The zero-order valence-electron chi connectivity index (χ0n) is 7.70. The van der Waals surface area contributed by atoms with Crippen LogP contribution in [0, 0.1) is 0 Å². The fraction of sp³-hybridized carbons (Fsp3) is 0.364. The van der Waals surface area contributed by atoms with Gasteiger partial charge in [-0.15, -0.1) is 0 Å². The Balaban J connectivity index is 1.86. The predicted octanol–water partition coefficient (Wildman–Crippen LogP) is 2.70. The van der Waals surface area contributed by atoms with E-state index >= 15 is 0 Å². The Morgan fingerprint density at radius 3 is 2.71 bits per heavy atom. The lowest BCUT2D eigenvalue weighted by molar-refractivity contribution is -0.135. The Morgan fingerprint density at radius 2 is 2.07 bits per heavy atom. The van der Waals surface area contributed by atoms with E-state index in [1.807, 2.05) is 24.3 Å². The summed E-state index contributed by atoms with van der Waals surface area (Å²) < 4.78 is 6.63. The summed E-state index contributed by atoms with van der Waals surface area (Å²) in [6, 6.07) is 7.96. The van der Waals surface area contributed by atoms with Crippen molar-refractivity contribution in [3.05, 3.63) is 34.3 Å². The fourth-order valence-corrected chi connectivity index (χ4v) is 1.79. The second-order valence-electron chi connectivity index (χ2n) is 3.47. The molecule has 1 aromatic carbocycles. The zero-order valence-corrected chi connectivity index (χ0v) is 9.29. The topological polar surface area (TPSA) is 26.3 Å². The van der Waals surface area contributed by atoms with Gasteiger partial charge >= 0.3 is 0 Å². The minimum absolute atomic E-state index is 0.148. The zero-order chi connectivity index (χ0) is 9.97. The maximum Gasteiger partial charge on any atom is 0.138 e. The van der Waals surface area contributed by atoms with Gasteiger partial charge in [0.2, 0.25) is 0 Å². The number of hydrogen-bond acceptors (Lipinski definition) is 2. The van der Waals surface area contributed by atoms with Crippen molar-refractivity contribution in [3.8, 4) is 0 Å². The summed E-state index contributed by atoms with van der Waals surface area (Å²) in [7, 11) is 0. The summed E-state index contributed by atoms with van der Waals surface area (Å²) >= 11 is 3.45. The van der Waals surface area contributed by atoms with E-state index in [-0.39, 0.29) is 6.10 Å². The molecule has 2 nitrogen and oxygen atoms in total. The molecule has 0 aliphatic heterocycles. The summed E-state index contributed by atoms with van der Waals surface area (Å²) in [6.45, 7) is 0.583. The van der Waals surface area contributed by atoms with Crippen molar-refractivity contribution in [1.82, 2.24) is 0 Å². The molecule has 0 spiro atoms. The molecule has 1 fully saturated rings. The third-order valence-corrected chi connectivity index (χ3v) is 3.12. The van der Waals surface area contributed by atoms with E-state index in [0.717, 1.165) is 10.0 Å². The fourth-order valence-electron chi connectivity index (χ4n) is 1.39. The van der Waals surface area contributed by atoms with Crippen LogP contribution in [0.2, 0.25) is 0 Å². The van der Waals surface area contributed by atoms with Gasteiger partial charge in [0.25, 0.3) is 0 Å². The average molecular weight is 255 g/mol. The van der Waals surface area contributed by atoms with E-state index in [9.17, 15) is 4.79 Å². The van der Waals surface area contributed by atoms with Crippen LogP contribution in [0.25, 0.3) is 0 Å². The maximum absolute atomic E-state index is 10.7. The summed E-state index contributed by atoms with van der Waals surface area (Å²) in [4.78, 5) is 10.7. The van der Waals surface area contributed by atoms with E-state index < -0.39 is 0 Å². The summed E-state index contributed by atoms with van der Waals surface area (Å²) in [6.07, 6.45) is 1.32. The first-order valence-electron chi connectivity index (χ1n) is 4.62. The van der Waals surface area contributed by atoms with Crippen LogP contribution in [0.5, 0.6) is 0 Å². The lowest BCUT2D eigenvalue weighted by atomic mass is 9.94. The predicted molar refractivity (Wildman–Crippen MR) is 57.0 cm³/mol. The van der Waals surface area contributed by atoms with Crippen LogP contribution in [0.15, 0.2) is 28.7 Å². The summed E-state index contributed by atoms with van der Waals surface area (Å²) in [5, 5.41) is 0. The van der Waals surface area contributed by atoms with Gasteiger partial charge in [0.05, 0.1) is 12.7 Å². The number of benzene rings is 1. The minimum Gasteiger partial charge on any atom is -0.373 e. The monoisotopic (exact) mass is 254 g/mol. The third kappa shape index (κ3) is 2.22. The molecule has 0 atom stereocenters. The third-order valence-electron chi connectivity index (χ3n) is 2.34. The van der Waals surface area contributed by atoms with Crippen molar-refractivity contribution in [1.29, 1.82) is 0 Å². The lowest BCUT2D eigenvalue weighted by Gasteiger charge is -2.24. The first kappa shape index (κ1) is 9.87. The average Bonchev–Trinajstić information content (AvgIpc) is 2.13. The number of ketones is 1. The molecule has 74 valence electrons. The van der Waals surface area contributed by atoms with Crippen molar-refractivity contribution < 1.29 is 9.53 Å². The van der Waals surface area contributed by atoms with Crippen LogP contribution in [-0.4, -0.2) is 11.9 Å². The molecule has 0 saturated heterocycles. The second kappa shape index (κ2) is 4.24. The number of Topliss-reactive ketones (excluding diaryl/α,β-unsaturated/α-hetero) is 1. The molecule has 0 unspecified atom stereocenters. The molecular weight excluding hydrogens is 244 g/mol. The summed E-state index contributed by atoms with van der Waals surface area (Å²) in [5.41, 5.74) is 1.13. The molecule has 0 radical (unpaired) electrons. The molecule has 1 aliphatic rings. The van der Waals surface area contributed by atoms with Gasteiger partial charge in [0, 0.05) is 17.3 Å². The molecule has 1 saturated carbocycles. The van der Waals surface area contributed by atoms with Crippen molar-refractivity contribution in [2.45, 2.75) is 25.6 Å². The van der Waals surface area contributed by atoms with Gasteiger partial charge in [-0.25, -0.2) is 0 Å². The van der Waals surface area contributed by atoms with Gasteiger partial charge in [0.15, 0.2) is 0 Å². The van der Waals surface area contributed by atoms with Gasteiger partial charge in [-0.1, -0.05) is 34.1 Å². The molecule has 0 aromatic heterocycles. The van der Waals surface area contributed by atoms with Gasteiger partial charge in [0.1, 0.15) is 5.78 Å². The van der Waals surface area contributed by atoms with E-state index in [1.165, 1.54) is 0 Å². The lowest BCUT2D eigenvalue weighted by Crippen LogP contribution is -2.31. The number of carbonyl (C=O) groups is 1. The Labute approximate surface area is 91.4 Å². The Hall–Kier alpha value is -0.670. The molecule has 0 bridgehead atoms. The number of ether oxygens (including phenoxy) is 1. The van der Waals surface area contributed by atoms with Crippen molar-refractivity contribution in [2.75, 3.05) is 0 Å². The molecule has 1 aliphatic carbocycles. The molecule has 0 N–H and O–H groups in total. The van der Waals surface area contributed by atoms with Crippen molar-refractivity contribution in [2.24, 2.45) is 0 Å². The highest BCUT2D eigenvalue weighted by Gasteiger charge is 2.27. The van der Waals surface area contributed by atoms with Crippen LogP contribution in [0.1, 0.15) is 18.4 Å². The molecule has 0 amide bonds. The van der Waals surface area contributed by atoms with Crippen molar-refractivity contribution >= 4 is 21.7 Å². The Kier molecular flexibility index (Phi) is 2.99. The van der Waals surface area contributed by atoms with Crippen molar-refractivity contribution in [3.63, 3.8) is 0 Å². The number of rotatable bonds is 3.